The molecule has 0 radical (unpaired) electrons. The topological polar surface area (TPSA) is 49.4 Å². The minimum atomic E-state index is -3.41. The molecule has 0 amide bonds. The third-order valence-electron chi connectivity index (χ3n) is 3.61. The maximum absolute atomic E-state index is 12.8. The lowest BCUT2D eigenvalue weighted by Crippen LogP contribution is -2.39. The number of hydrogen-bond donors (Lipinski definition) is 1. The van der Waals surface area contributed by atoms with Crippen LogP contribution in [0, 0.1) is 5.92 Å². The van der Waals surface area contributed by atoms with Crippen molar-refractivity contribution in [2.24, 2.45) is 5.92 Å². The molecular weight excluding hydrogens is 340 g/mol. The summed E-state index contributed by atoms with van der Waals surface area (Å²) in [5.41, 5.74) is 0.972. The van der Waals surface area contributed by atoms with Gasteiger partial charge in [0.1, 0.15) is 0 Å². The summed E-state index contributed by atoms with van der Waals surface area (Å²) in [6.07, 6.45) is 2.04. The molecule has 20 heavy (non-hydrogen) atoms. The average Bonchev–Trinajstić information content (AvgIpc) is 2.41. The average molecular weight is 361 g/mol. The van der Waals surface area contributed by atoms with E-state index in [4.69, 9.17) is 0 Å². The van der Waals surface area contributed by atoms with Gasteiger partial charge in [0.15, 0.2) is 0 Å². The molecule has 1 N–H and O–H groups in total. The Morgan fingerprint density at radius 1 is 1.45 bits per heavy atom. The van der Waals surface area contributed by atoms with Crippen molar-refractivity contribution in [2.75, 3.05) is 20.1 Å². The summed E-state index contributed by atoms with van der Waals surface area (Å²) in [6, 6.07) is 5.50. The zero-order valence-electron chi connectivity index (χ0n) is 11.9. The number of sulfonamides is 1. The van der Waals surface area contributed by atoms with Gasteiger partial charge in [0, 0.05) is 24.1 Å². The highest BCUT2D eigenvalue weighted by atomic mass is 79.9. The van der Waals surface area contributed by atoms with Gasteiger partial charge in [-0.3, -0.25) is 0 Å². The molecule has 1 aromatic rings. The number of halogens is 1. The first kappa shape index (κ1) is 15.9. The Labute approximate surface area is 129 Å². The Morgan fingerprint density at radius 2 is 2.20 bits per heavy atom. The van der Waals surface area contributed by atoms with Gasteiger partial charge in [-0.1, -0.05) is 13.0 Å². The van der Waals surface area contributed by atoms with Gasteiger partial charge in [-0.15, -0.1) is 0 Å². The predicted molar refractivity (Wildman–Crippen MR) is 84.1 cm³/mol. The van der Waals surface area contributed by atoms with E-state index in [0.717, 1.165) is 18.4 Å². The first-order valence-corrected chi connectivity index (χ1v) is 9.11. The highest BCUT2D eigenvalue weighted by molar-refractivity contribution is 9.10. The van der Waals surface area contributed by atoms with Gasteiger partial charge in [0.2, 0.25) is 10.0 Å². The summed E-state index contributed by atoms with van der Waals surface area (Å²) < 4.78 is 27.8. The fourth-order valence-electron chi connectivity index (χ4n) is 2.56. The summed E-state index contributed by atoms with van der Waals surface area (Å²) >= 11 is 3.37. The van der Waals surface area contributed by atoms with Gasteiger partial charge in [0.05, 0.1) is 4.90 Å². The van der Waals surface area contributed by atoms with Crippen LogP contribution in [0.2, 0.25) is 0 Å². The van der Waals surface area contributed by atoms with E-state index in [0.29, 0.717) is 34.9 Å². The van der Waals surface area contributed by atoms with Crippen LogP contribution in [-0.4, -0.2) is 32.9 Å². The van der Waals surface area contributed by atoms with Crippen molar-refractivity contribution in [1.29, 1.82) is 0 Å². The molecule has 0 saturated carbocycles. The smallest absolute Gasteiger partial charge is 0.244 e. The van der Waals surface area contributed by atoms with Crippen LogP contribution in [-0.2, 0) is 16.6 Å². The Kier molecular flexibility index (Phi) is 5.23. The summed E-state index contributed by atoms with van der Waals surface area (Å²) in [5.74, 6) is 0.429. The lowest BCUT2D eigenvalue weighted by Gasteiger charge is -2.30. The van der Waals surface area contributed by atoms with Crippen molar-refractivity contribution in [3.05, 3.63) is 28.2 Å². The Hall–Kier alpha value is -0.430. The summed E-state index contributed by atoms with van der Waals surface area (Å²) in [7, 11) is -1.56. The van der Waals surface area contributed by atoms with Crippen molar-refractivity contribution >= 4 is 26.0 Å². The fraction of sp³-hybridized carbons (Fsp3) is 0.571. The molecule has 6 heteroatoms. The molecule has 1 aliphatic rings. The molecule has 2 rings (SSSR count). The van der Waals surface area contributed by atoms with Crippen LogP contribution in [0.4, 0.5) is 0 Å². The summed E-state index contributed by atoms with van der Waals surface area (Å²) in [4.78, 5) is 0.374. The molecular formula is C14H21BrN2O2S. The van der Waals surface area contributed by atoms with Gasteiger partial charge in [0.25, 0.3) is 0 Å². The van der Waals surface area contributed by atoms with Crippen molar-refractivity contribution in [3.63, 3.8) is 0 Å². The van der Waals surface area contributed by atoms with E-state index in [2.05, 4.69) is 28.2 Å². The molecule has 4 nitrogen and oxygen atoms in total. The quantitative estimate of drug-likeness (QED) is 0.897. The maximum atomic E-state index is 12.8. The second-order valence-corrected chi connectivity index (χ2v) is 8.17. The maximum Gasteiger partial charge on any atom is 0.244 e. The van der Waals surface area contributed by atoms with Gasteiger partial charge >= 0.3 is 0 Å². The van der Waals surface area contributed by atoms with Crippen LogP contribution in [0.25, 0.3) is 0 Å². The van der Waals surface area contributed by atoms with Gasteiger partial charge in [-0.05, 0) is 59.4 Å². The first-order chi connectivity index (χ1) is 9.45. The normalized spacial score (nSPS) is 21.1. The Bertz CT molecular complexity index is 575. The van der Waals surface area contributed by atoms with Crippen LogP contribution in [0.5, 0.6) is 0 Å². The third-order valence-corrected chi connectivity index (χ3v) is 6.47. The molecule has 112 valence electrons. The van der Waals surface area contributed by atoms with Crippen molar-refractivity contribution < 1.29 is 8.42 Å². The van der Waals surface area contributed by atoms with E-state index < -0.39 is 10.0 Å². The molecule has 1 fully saturated rings. The number of piperidine rings is 1. The zero-order chi connectivity index (χ0) is 14.8. The predicted octanol–water partition coefficient (Wildman–Crippen LogP) is 2.59. The SMILES string of the molecule is CNCc1ccc(Br)c(S(=O)(=O)N2CCCC(C)C2)c1. The van der Waals surface area contributed by atoms with Crippen LogP contribution < -0.4 is 5.32 Å². The van der Waals surface area contributed by atoms with Gasteiger partial charge in [-0.25, -0.2) is 8.42 Å². The monoisotopic (exact) mass is 360 g/mol. The second kappa shape index (κ2) is 6.56. The highest BCUT2D eigenvalue weighted by Gasteiger charge is 2.30. The molecule has 0 aliphatic carbocycles. The Morgan fingerprint density at radius 3 is 2.85 bits per heavy atom. The third kappa shape index (κ3) is 3.42. The zero-order valence-corrected chi connectivity index (χ0v) is 14.3. The van der Waals surface area contributed by atoms with E-state index in [1.165, 1.54) is 0 Å². The van der Waals surface area contributed by atoms with Crippen LogP contribution in [0.1, 0.15) is 25.3 Å². The number of nitrogens with one attached hydrogen (secondary N) is 1. The van der Waals surface area contributed by atoms with Gasteiger partial charge in [-0.2, -0.15) is 4.31 Å². The fourth-order valence-corrected chi connectivity index (χ4v) is 5.14. The summed E-state index contributed by atoms with van der Waals surface area (Å²) in [6.45, 7) is 4.00. The summed E-state index contributed by atoms with van der Waals surface area (Å²) in [5, 5.41) is 3.04. The molecule has 0 bridgehead atoms. The largest absolute Gasteiger partial charge is 0.316 e. The molecule has 1 aliphatic heterocycles. The standard InChI is InChI=1S/C14H21BrN2O2S/c1-11-4-3-7-17(10-11)20(18,19)14-8-12(9-16-2)5-6-13(14)15/h5-6,8,11,16H,3-4,7,9-10H2,1-2H3. The van der Waals surface area contributed by atoms with E-state index >= 15 is 0 Å². The highest BCUT2D eigenvalue weighted by Crippen LogP contribution is 2.29. The molecule has 0 spiro atoms. The number of hydrogen-bond acceptors (Lipinski definition) is 3. The molecule has 0 aromatic heterocycles. The second-order valence-electron chi connectivity index (χ2n) is 5.41. The Balaban J connectivity index is 2.35. The van der Waals surface area contributed by atoms with Gasteiger partial charge < -0.3 is 5.32 Å². The molecule has 1 unspecified atom stereocenters. The minimum Gasteiger partial charge on any atom is -0.316 e. The number of benzene rings is 1. The van der Waals surface area contributed by atoms with Crippen LogP contribution in [0.3, 0.4) is 0 Å². The van der Waals surface area contributed by atoms with E-state index in [1.54, 1.807) is 10.4 Å². The van der Waals surface area contributed by atoms with Crippen molar-refractivity contribution in [2.45, 2.75) is 31.2 Å². The lowest BCUT2D eigenvalue weighted by atomic mass is 10.0. The van der Waals surface area contributed by atoms with Crippen molar-refractivity contribution in [3.8, 4) is 0 Å². The van der Waals surface area contributed by atoms with E-state index in [9.17, 15) is 8.42 Å². The minimum absolute atomic E-state index is 0.374. The molecule has 1 saturated heterocycles. The number of nitrogens with zero attached hydrogens (tertiary/aromatic N) is 1. The van der Waals surface area contributed by atoms with E-state index in [1.807, 2.05) is 19.2 Å². The number of rotatable bonds is 4. The lowest BCUT2D eigenvalue weighted by molar-refractivity contribution is 0.281. The molecule has 1 heterocycles. The van der Waals surface area contributed by atoms with Crippen LogP contribution >= 0.6 is 15.9 Å². The van der Waals surface area contributed by atoms with E-state index in [-0.39, 0.29) is 0 Å². The molecule has 1 atom stereocenters. The van der Waals surface area contributed by atoms with Crippen molar-refractivity contribution in [1.82, 2.24) is 9.62 Å². The van der Waals surface area contributed by atoms with Crippen LogP contribution in [0.15, 0.2) is 27.6 Å². The first-order valence-electron chi connectivity index (χ1n) is 6.88. The molecule has 1 aromatic carbocycles.